The van der Waals surface area contributed by atoms with E-state index in [1.807, 2.05) is 12.1 Å². The molecule has 0 aliphatic carbocycles. The Balaban J connectivity index is 1.95. The van der Waals surface area contributed by atoms with E-state index in [9.17, 15) is 0 Å². The van der Waals surface area contributed by atoms with Crippen LogP contribution in [0.4, 0.5) is 0 Å². The van der Waals surface area contributed by atoms with Crippen molar-refractivity contribution in [3.63, 3.8) is 0 Å². The van der Waals surface area contributed by atoms with Gasteiger partial charge in [-0.15, -0.1) is 0 Å². The predicted octanol–water partition coefficient (Wildman–Crippen LogP) is 1.39. The molecule has 0 bridgehead atoms. The molecule has 0 unspecified atom stereocenters. The summed E-state index contributed by atoms with van der Waals surface area (Å²) < 4.78 is 0. The first-order valence-corrected chi connectivity index (χ1v) is 5.30. The molecule has 3 heterocycles. The van der Waals surface area contributed by atoms with Crippen molar-refractivity contribution in [2.45, 2.75) is 0 Å². The minimum atomic E-state index is 0.538. The van der Waals surface area contributed by atoms with E-state index in [-0.39, 0.29) is 0 Å². The molecule has 6 heteroatoms. The first-order chi connectivity index (χ1) is 8.93. The van der Waals surface area contributed by atoms with Crippen LogP contribution in [0.25, 0.3) is 22.8 Å². The molecular formula is C12H8N6. The number of nitrogens with zero attached hydrogens (tertiary/aromatic N) is 6. The van der Waals surface area contributed by atoms with Crippen molar-refractivity contribution in [1.82, 2.24) is 30.1 Å². The Morgan fingerprint density at radius 1 is 0.778 bits per heavy atom. The second-order valence-corrected chi connectivity index (χ2v) is 3.49. The SMILES string of the molecule is c1cnnc(-c2cnc(-c3cnccn3)nc2)c1. The van der Waals surface area contributed by atoms with Gasteiger partial charge in [-0.2, -0.15) is 10.2 Å². The van der Waals surface area contributed by atoms with E-state index in [1.54, 1.807) is 37.2 Å². The molecule has 3 aromatic rings. The van der Waals surface area contributed by atoms with Crippen LogP contribution in [-0.2, 0) is 0 Å². The Morgan fingerprint density at radius 3 is 2.33 bits per heavy atom. The maximum Gasteiger partial charge on any atom is 0.179 e. The molecular weight excluding hydrogens is 228 g/mol. The average Bonchev–Trinajstić information content (AvgIpc) is 2.49. The number of rotatable bonds is 2. The second-order valence-electron chi connectivity index (χ2n) is 3.49. The summed E-state index contributed by atoms with van der Waals surface area (Å²) in [6.45, 7) is 0. The zero-order chi connectivity index (χ0) is 12.2. The van der Waals surface area contributed by atoms with E-state index in [2.05, 4.69) is 30.1 Å². The minimum absolute atomic E-state index is 0.538. The van der Waals surface area contributed by atoms with E-state index in [4.69, 9.17) is 0 Å². The molecule has 0 spiro atoms. The van der Waals surface area contributed by atoms with E-state index in [0.29, 0.717) is 11.5 Å². The first kappa shape index (κ1) is 10.4. The molecule has 0 saturated heterocycles. The molecule has 6 nitrogen and oxygen atoms in total. The van der Waals surface area contributed by atoms with Gasteiger partial charge in [-0.05, 0) is 12.1 Å². The van der Waals surface area contributed by atoms with Gasteiger partial charge in [0.2, 0.25) is 0 Å². The second kappa shape index (κ2) is 4.62. The number of hydrogen-bond acceptors (Lipinski definition) is 6. The Labute approximate surface area is 103 Å². The highest BCUT2D eigenvalue weighted by Gasteiger charge is 2.04. The van der Waals surface area contributed by atoms with Gasteiger partial charge in [0.15, 0.2) is 5.82 Å². The fourth-order valence-electron chi connectivity index (χ4n) is 1.46. The topological polar surface area (TPSA) is 77.3 Å². The molecule has 0 radical (unpaired) electrons. The molecule has 0 aliphatic heterocycles. The third-order valence-electron chi connectivity index (χ3n) is 2.31. The Kier molecular flexibility index (Phi) is 2.67. The van der Waals surface area contributed by atoms with Gasteiger partial charge in [-0.1, -0.05) is 0 Å². The van der Waals surface area contributed by atoms with Crippen LogP contribution in [-0.4, -0.2) is 30.1 Å². The van der Waals surface area contributed by atoms with E-state index < -0.39 is 0 Å². The smallest absolute Gasteiger partial charge is 0.179 e. The van der Waals surface area contributed by atoms with E-state index >= 15 is 0 Å². The van der Waals surface area contributed by atoms with Crippen molar-refractivity contribution in [3.05, 3.63) is 49.3 Å². The molecule has 0 N–H and O–H groups in total. The van der Waals surface area contributed by atoms with Gasteiger partial charge >= 0.3 is 0 Å². The number of hydrogen-bond donors (Lipinski definition) is 0. The first-order valence-electron chi connectivity index (χ1n) is 5.30. The van der Waals surface area contributed by atoms with Gasteiger partial charge in [0.25, 0.3) is 0 Å². The predicted molar refractivity (Wildman–Crippen MR) is 64.1 cm³/mol. The van der Waals surface area contributed by atoms with E-state index in [0.717, 1.165) is 11.3 Å². The van der Waals surface area contributed by atoms with E-state index in [1.165, 1.54) is 0 Å². The lowest BCUT2D eigenvalue weighted by atomic mass is 10.2. The molecule has 86 valence electrons. The van der Waals surface area contributed by atoms with Gasteiger partial charge in [-0.3, -0.25) is 4.98 Å². The molecule has 0 aliphatic rings. The van der Waals surface area contributed by atoms with Crippen molar-refractivity contribution in [1.29, 1.82) is 0 Å². The van der Waals surface area contributed by atoms with Crippen molar-refractivity contribution in [2.24, 2.45) is 0 Å². The monoisotopic (exact) mass is 236 g/mol. The quantitative estimate of drug-likeness (QED) is 0.669. The fraction of sp³-hybridized carbons (Fsp3) is 0. The van der Waals surface area contributed by atoms with Crippen LogP contribution in [0.3, 0.4) is 0 Å². The zero-order valence-corrected chi connectivity index (χ0v) is 9.30. The van der Waals surface area contributed by atoms with Gasteiger partial charge in [0, 0.05) is 36.5 Å². The molecule has 0 fully saturated rings. The Hall–Kier alpha value is -2.76. The normalized spacial score (nSPS) is 10.2. The summed E-state index contributed by atoms with van der Waals surface area (Å²) in [6, 6.07) is 3.67. The molecule has 0 aromatic carbocycles. The highest BCUT2D eigenvalue weighted by Crippen LogP contribution is 2.15. The Morgan fingerprint density at radius 2 is 1.67 bits per heavy atom. The van der Waals surface area contributed by atoms with Gasteiger partial charge in [-0.25, -0.2) is 15.0 Å². The molecule has 3 aromatic heterocycles. The summed E-state index contributed by atoms with van der Waals surface area (Å²) >= 11 is 0. The molecule has 0 saturated carbocycles. The molecule has 0 amide bonds. The highest BCUT2D eigenvalue weighted by molar-refractivity contribution is 5.57. The molecule has 0 atom stereocenters. The van der Waals surface area contributed by atoms with Gasteiger partial charge in [0.05, 0.1) is 11.9 Å². The van der Waals surface area contributed by atoms with Crippen LogP contribution < -0.4 is 0 Å². The van der Waals surface area contributed by atoms with Crippen molar-refractivity contribution in [3.8, 4) is 22.8 Å². The minimum Gasteiger partial charge on any atom is -0.261 e. The number of aromatic nitrogens is 6. The Bertz CT molecular complexity index is 565. The summed E-state index contributed by atoms with van der Waals surface area (Å²) in [6.07, 6.45) is 9.85. The third-order valence-corrected chi connectivity index (χ3v) is 2.31. The van der Waals surface area contributed by atoms with Crippen LogP contribution in [0.2, 0.25) is 0 Å². The van der Waals surface area contributed by atoms with Crippen LogP contribution in [0, 0.1) is 0 Å². The lowest BCUT2D eigenvalue weighted by Gasteiger charge is -2.00. The summed E-state index contributed by atoms with van der Waals surface area (Å²) in [5.74, 6) is 0.538. The van der Waals surface area contributed by atoms with Crippen LogP contribution >= 0.6 is 0 Å². The third kappa shape index (κ3) is 2.03. The van der Waals surface area contributed by atoms with Crippen molar-refractivity contribution in [2.75, 3.05) is 0 Å². The average molecular weight is 236 g/mol. The van der Waals surface area contributed by atoms with Crippen LogP contribution in [0.15, 0.2) is 49.3 Å². The fourth-order valence-corrected chi connectivity index (χ4v) is 1.46. The van der Waals surface area contributed by atoms with Gasteiger partial charge < -0.3 is 0 Å². The highest BCUT2D eigenvalue weighted by atomic mass is 15.1. The van der Waals surface area contributed by atoms with Gasteiger partial charge in [0.1, 0.15) is 5.69 Å². The summed E-state index contributed by atoms with van der Waals surface area (Å²) in [5, 5.41) is 7.81. The molecule has 3 rings (SSSR count). The van der Waals surface area contributed by atoms with Crippen LogP contribution in [0.1, 0.15) is 0 Å². The largest absolute Gasteiger partial charge is 0.261 e. The lowest BCUT2D eigenvalue weighted by molar-refractivity contribution is 1.03. The van der Waals surface area contributed by atoms with Crippen molar-refractivity contribution >= 4 is 0 Å². The summed E-state index contributed by atoms with van der Waals surface area (Å²) in [5.41, 5.74) is 2.20. The molecule has 18 heavy (non-hydrogen) atoms. The maximum absolute atomic E-state index is 4.24. The standard InChI is InChI=1S/C12H8N6/c1-2-10(18-17-3-1)9-6-15-12(16-7-9)11-8-13-4-5-14-11/h1-8H. The summed E-state index contributed by atoms with van der Waals surface area (Å²) in [4.78, 5) is 16.6. The summed E-state index contributed by atoms with van der Waals surface area (Å²) in [7, 11) is 0. The lowest BCUT2D eigenvalue weighted by Crippen LogP contribution is -1.93. The van der Waals surface area contributed by atoms with Crippen molar-refractivity contribution < 1.29 is 0 Å². The van der Waals surface area contributed by atoms with Crippen LogP contribution in [0.5, 0.6) is 0 Å². The maximum atomic E-state index is 4.24. The zero-order valence-electron chi connectivity index (χ0n) is 9.30.